The Balaban J connectivity index is 1.68. The molecule has 5 nitrogen and oxygen atoms in total. The fourth-order valence-electron chi connectivity index (χ4n) is 3.34. The van der Waals surface area contributed by atoms with Crippen LogP contribution in [0.2, 0.25) is 5.02 Å². The highest BCUT2D eigenvalue weighted by atomic mass is 35.5. The van der Waals surface area contributed by atoms with Gasteiger partial charge in [0.2, 0.25) is 5.91 Å². The van der Waals surface area contributed by atoms with Crippen LogP contribution in [0.3, 0.4) is 0 Å². The molecule has 1 aliphatic rings. The fraction of sp³-hybridized carbons (Fsp3) is 0.474. The number of carbonyl (C=O) groups excluding carboxylic acids is 1. The lowest BCUT2D eigenvalue weighted by Crippen LogP contribution is -2.47. The molecular weight excluding hydrogens is 370 g/mol. The standard InChI is InChI=1S/C19H24ClN3O2S/c1-13-9-15(20)4-3-14(13)10-16-11-22-18(26-16)23-17(24)19(12-25-2)5-7-21-8-6-19/h3-4,9,11,21H,5-8,10,12H2,1-2H3,(H,22,23,24). The van der Waals surface area contributed by atoms with E-state index in [-0.39, 0.29) is 5.91 Å². The Morgan fingerprint density at radius 2 is 2.19 bits per heavy atom. The van der Waals surface area contributed by atoms with Gasteiger partial charge >= 0.3 is 0 Å². The summed E-state index contributed by atoms with van der Waals surface area (Å²) in [5.74, 6) is 0.00410. The number of anilines is 1. The van der Waals surface area contributed by atoms with Crippen LogP contribution in [-0.4, -0.2) is 37.7 Å². The number of piperidine rings is 1. The summed E-state index contributed by atoms with van der Waals surface area (Å²) in [7, 11) is 1.65. The van der Waals surface area contributed by atoms with E-state index in [9.17, 15) is 4.79 Å². The van der Waals surface area contributed by atoms with Gasteiger partial charge in [-0.25, -0.2) is 4.98 Å². The Kier molecular flexibility index (Phi) is 6.29. The molecule has 7 heteroatoms. The smallest absolute Gasteiger partial charge is 0.234 e. The lowest BCUT2D eigenvalue weighted by Gasteiger charge is -2.35. The Labute approximate surface area is 163 Å². The average molecular weight is 394 g/mol. The molecule has 26 heavy (non-hydrogen) atoms. The second-order valence-electron chi connectivity index (χ2n) is 6.80. The van der Waals surface area contributed by atoms with E-state index >= 15 is 0 Å². The quantitative estimate of drug-likeness (QED) is 0.786. The van der Waals surface area contributed by atoms with Gasteiger partial charge < -0.3 is 15.4 Å². The predicted molar refractivity (Wildman–Crippen MR) is 106 cm³/mol. The third kappa shape index (κ3) is 4.43. The molecule has 2 N–H and O–H groups in total. The van der Waals surface area contributed by atoms with Crippen molar-refractivity contribution in [3.63, 3.8) is 0 Å². The topological polar surface area (TPSA) is 63.2 Å². The molecule has 0 unspecified atom stereocenters. The molecule has 2 heterocycles. The number of hydrogen-bond donors (Lipinski definition) is 2. The van der Waals surface area contributed by atoms with Crippen LogP contribution < -0.4 is 10.6 Å². The molecule has 3 rings (SSSR count). The zero-order valence-electron chi connectivity index (χ0n) is 15.1. The molecule has 1 amide bonds. The number of nitrogens with zero attached hydrogens (tertiary/aromatic N) is 1. The molecule has 0 spiro atoms. The second-order valence-corrected chi connectivity index (χ2v) is 8.35. The number of methoxy groups -OCH3 is 1. The van der Waals surface area contributed by atoms with Crippen molar-refractivity contribution in [2.75, 3.05) is 32.1 Å². The van der Waals surface area contributed by atoms with Crippen molar-refractivity contribution in [1.29, 1.82) is 0 Å². The number of aryl methyl sites for hydroxylation is 1. The first-order valence-corrected chi connectivity index (χ1v) is 9.93. The van der Waals surface area contributed by atoms with E-state index in [2.05, 4.69) is 22.5 Å². The van der Waals surface area contributed by atoms with Crippen LogP contribution in [0.1, 0.15) is 28.8 Å². The highest BCUT2D eigenvalue weighted by molar-refractivity contribution is 7.15. The molecule has 0 saturated carbocycles. The number of nitrogens with one attached hydrogen (secondary N) is 2. The maximum absolute atomic E-state index is 12.9. The summed E-state index contributed by atoms with van der Waals surface area (Å²) in [6.07, 6.45) is 4.16. The van der Waals surface area contributed by atoms with Gasteiger partial charge in [0.25, 0.3) is 0 Å². The predicted octanol–water partition coefficient (Wildman–Crippen LogP) is 3.65. The van der Waals surface area contributed by atoms with Crippen molar-refractivity contribution < 1.29 is 9.53 Å². The number of amides is 1. The first kappa shape index (κ1) is 19.3. The summed E-state index contributed by atoms with van der Waals surface area (Å²) in [5.41, 5.74) is 1.90. The van der Waals surface area contributed by atoms with E-state index in [1.807, 2.05) is 24.4 Å². The molecule has 2 aromatic rings. The fourth-order valence-corrected chi connectivity index (χ4v) is 4.40. The minimum atomic E-state index is -0.474. The normalized spacial score (nSPS) is 16.4. The number of hydrogen-bond acceptors (Lipinski definition) is 5. The molecule has 1 aromatic carbocycles. The van der Waals surface area contributed by atoms with Gasteiger partial charge in [-0.15, -0.1) is 11.3 Å². The van der Waals surface area contributed by atoms with Gasteiger partial charge in [-0.3, -0.25) is 4.79 Å². The lowest BCUT2D eigenvalue weighted by atomic mass is 9.79. The summed E-state index contributed by atoms with van der Waals surface area (Å²) in [5, 5.41) is 7.69. The molecule has 1 aromatic heterocycles. The van der Waals surface area contributed by atoms with Crippen molar-refractivity contribution in [2.24, 2.45) is 5.41 Å². The van der Waals surface area contributed by atoms with Crippen LogP contribution in [0, 0.1) is 12.3 Å². The van der Waals surface area contributed by atoms with E-state index in [4.69, 9.17) is 16.3 Å². The highest BCUT2D eigenvalue weighted by Crippen LogP contribution is 2.32. The van der Waals surface area contributed by atoms with E-state index < -0.39 is 5.41 Å². The number of rotatable bonds is 6. The van der Waals surface area contributed by atoms with Crippen LogP contribution >= 0.6 is 22.9 Å². The largest absolute Gasteiger partial charge is 0.384 e. The van der Waals surface area contributed by atoms with E-state index in [1.54, 1.807) is 7.11 Å². The van der Waals surface area contributed by atoms with Crippen LogP contribution in [0.4, 0.5) is 5.13 Å². The molecule has 1 fully saturated rings. The van der Waals surface area contributed by atoms with Crippen molar-refractivity contribution in [3.8, 4) is 0 Å². The Morgan fingerprint density at radius 3 is 2.88 bits per heavy atom. The first-order chi connectivity index (χ1) is 12.5. The number of aromatic nitrogens is 1. The second kappa shape index (κ2) is 8.48. The average Bonchev–Trinajstić information content (AvgIpc) is 3.05. The monoisotopic (exact) mass is 393 g/mol. The number of halogens is 1. The third-order valence-electron chi connectivity index (χ3n) is 4.91. The molecule has 1 saturated heterocycles. The molecule has 0 radical (unpaired) electrons. The zero-order chi connectivity index (χ0) is 18.6. The minimum absolute atomic E-state index is 0.00410. The van der Waals surface area contributed by atoms with Crippen molar-refractivity contribution >= 4 is 34.0 Å². The number of benzene rings is 1. The van der Waals surface area contributed by atoms with Gasteiger partial charge in [0, 0.05) is 29.6 Å². The van der Waals surface area contributed by atoms with Gasteiger partial charge in [-0.1, -0.05) is 17.7 Å². The summed E-state index contributed by atoms with van der Waals surface area (Å²) in [6, 6.07) is 5.91. The van der Waals surface area contributed by atoms with Gasteiger partial charge in [0.05, 0.1) is 12.0 Å². The minimum Gasteiger partial charge on any atom is -0.384 e. The van der Waals surface area contributed by atoms with Crippen LogP contribution in [0.15, 0.2) is 24.4 Å². The summed E-state index contributed by atoms with van der Waals surface area (Å²) in [4.78, 5) is 18.4. The van der Waals surface area contributed by atoms with Crippen molar-refractivity contribution in [1.82, 2.24) is 10.3 Å². The van der Waals surface area contributed by atoms with Gasteiger partial charge in [-0.2, -0.15) is 0 Å². The molecule has 0 atom stereocenters. The maximum Gasteiger partial charge on any atom is 0.234 e. The van der Waals surface area contributed by atoms with Crippen molar-refractivity contribution in [3.05, 3.63) is 45.4 Å². The van der Waals surface area contributed by atoms with Gasteiger partial charge in [0.1, 0.15) is 0 Å². The first-order valence-electron chi connectivity index (χ1n) is 8.73. The maximum atomic E-state index is 12.9. The van der Waals surface area contributed by atoms with Gasteiger partial charge in [-0.05, 0) is 56.1 Å². The zero-order valence-corrected chi connectivity index (χ0v) is 16.7. The summed E-state index contributed by atoms with van der Waals surface area (Å²) >= 11 is 7.54. The van der Waals surface area contributed by atoms with Crippen molar-refractivity contribution in [2.45, 2.75) is 26.2 Å². The molecule has 1 aliphatic heterocycles. The number of ether oxygens (including phenoxy) is 1. The Bertz CT molecular complexity index is 766. The SMILES string of the molecule is COCC1(C(=O)Nc2ncc(Cc3ccc(Cl)cc3C)s2)CCNCC1. The third-order valence-corrected chi connectivity index (χ3v) is 6.05. The number of carbonyl (C=O) groups is 1. The summed E-state index contributed by atoms with van der Waals surface area (Å²) in [6.45, 7) is 4.14. The van der Waals surface area contributed by atoms with E-state index in [0.29, 0.717) is 11.7 Å². The Hall–Kier alpha value is -1.47. The van der Waals surface area contributed by atoms with E-state index in [1.165, 1.54) is 16.9 Å². The highest BCUT2D eigenvalue weighted by Gasteiger charge is 2.40. The van der Waals surface area contributed by atoms with Crippen LogP contribution in [0.5, 0.6) is 0 Å². The Morgan fingerprint density at radius 1 is 1.42 bits per heavy atom. The lowest BCUT2D eigenvalue weighted by molar-refractivity contribution is -0.130. The number of thiazole rings is 1. The summed E-state index contributed by atoms with van der Waals surface area (Å²) < 4.78 is 5.33. The molecule has 0 aliphatic carbocycles. The van der Waals surface area contributed by atoms with Crippen LogP contribution in [-0.2, 0) is 16.0 Å². The van der Waals surface area contributed by atoms with Gasteiger partial charge in [0.15, 0.2) is 5.13 Å². The molecule has 140 valence electrons. The molecular formula is C19H24ClN3O2S. The van der Waals surface area contributed by atoms with Crippen LogP contribution in [0.25, 0.3) is 0 Å². The molecule has 0 bridgehead atoms. The van der Waals surface area contributed by atoms with E-state index in [0.717, 1.165) is 47.8 Å².